The van der Waals surface area contributed by atoms with Crippen LogP contribution in [-0.2, 0) is 6.42 Å². The zero-order valence-electron chi connectivity index (χ0n) is 10.6. The summed E-state index contributed by atoms with van der Waals surface area (Å²) in [6.07, 6.45) is 0.650. The molecule has 2 rings (SSSR count). The summed E-state index contributed by atoms with van der Waals surface area (Å²) in [6, 6.07) is 10.1. The Labute approximate surface area is 117 Å². The van der Waals surface area contributed by atoms with Crippen molar-refractivity contribution in [3.63, 3.8) is 0 Å². The quantitative estimate of drug-likeness (QED) is 0.915. The molecule has 2 aromatic carbocycles. The molecule has 2 aromatic rings. The summed E-state index contributed by atoms with van der Waals surface area (Å²) >= 11 is 5.87. The normalized spacial score (nSPS) is 10.5. The van der Waals surface area contributed by atoms with E-state index in [1.54, 1.807) is 24.3 Å². The summed E-state index contributed by atoms with van der Waals surface area (Å²) in [4.78, 5) is 0. The van der Waals surface area contributed by atoms with Gasteiger partial charge >= 0.3 is 0 Å². The van der Waals surface area contributed by atoms with Crippen LogP contribution in [0.15, 0.2) is 36.4 Å². The van der Waals surface area contributed by atoms with Crippen molar-refractivity contribution in [1.29, 1.82) is 0 Å². The second-order valence-electron chi connectivity index (χ2n) is 4.32. The van der Waals surface area contributed by atoms with Gasteiger partial charge in [0.05, 0.1) is 0 Å². The van der Waals surface area contributed by atoms with Gasteiger partial charge in [0.15, 0.2) is 11.6 Å². The maximum atomic E-state index is 13.9. The minimum Gasteiger partial charge on any atom is -0.454 e. The van der Waals surface area contributed by atoms with Crippen LogP contribution in [0.2, 0.25) is 5.02 Å². The van der Waals surface area contributed by atoms with Gasteiger partial charge in [0.2, 0.25) is 0 Å². The number of nitrogens with two attached hydrogens (primary N) is 1. The number of hydrogen-bond donors (Lipinski definition) is 1. The van der Waals surface area contributed by atoms with Crippen LogP contribution in [0.3, 0.4) is 0 Å². The van der Waals surface area contributed by atoms with Crippen molar-refractivity contribution >= 4 is 11.6 Å². The monoisotopic (exact) mass is 279 g/mol. The highest BCUT2D eigenvalue weighted by Crippen LogP contribution is 2.29. The molecule has 2 nitrogen and oxygen atoms in total. The lowest BCUT2D eigenvalue weighted by Crippen LogP contribution is -2.03. The maximum Gasteiger partial charge on any atom is 0.165 e. The van der Waals surface area contributed by atoms with E-state index >= 15 is 0 Å². The predicted molar refractivity (Wildman–Crippen MR) is 75.4 cm³/mol. The molecule has 0 unspecified atom stereocenters. The van der Waals surface area contributed by atoms with Crippen molar-refractivity contribution in [3.8, 4) is 11.5 Å². The van der Waals surface area contributed by atoms with Gasteiger partial charge in [0.1, 0.15) is 5.75 Å². The number of halogens is 2. The summed E-state index contributed by atoms with van der Waals surface area (Å²) in [5.41, 5.74) is 7.16. The Balaban J connectivity index is 2.23. The number of rotatable bonds is 4. The van der Waals surface area contributed by atoms with E-state index in [9.17, 15) is 4.39 Å². The fourth-order valence-electron chi connectivity index (χ4n) is 1.80. The molecule has 0 heterocycles. The van der Waals surface area contributed by atoms with E-state index in [0.29, 0.717) is 23.7 Å². The minimum absolute atomic E-state index is 0.200. The Morgan fingerprint density at radius 1 is 1.16 bits per heavy atom. The first-order chi connectivity index (χ1) is 9.10. The smallest absolute Gasteiger partial charge is 0.165 e. The summed E-state index contributed by atoms with van der Waals surface area (Å²) < 4.78 is 19.4. The molecule has 0 aromatic heterocycles. The molecule has 100 valence electrons. The molecule has 19 heavy (non-hydrogen) atoms. The molecule has 0 aliphatic rings. The van der Waals surface area contributed by atoms with Crippen LogP contribution in [0.25, 0.3) is 0 Å². The minimum atomic E-state index is -0.389. The standard InChI is InChI=1S/C15H15ClFNO/c1-10-8-12(16)3-5-14(10)19-15-4-2-11(6-7-18)9-13(15)17/h2-5,8-9H,6-7,18H2,1H3. The van der Waals surface area contributed by atoms with E-state index in [1.165, 1.54) is 6.07 Å². The average Bonchev–Trinajstić information content (AvgIpc) is 2.36. The summed E-state index contributed by atoms with van der Waals surface area (Å²) in [5.74, 6) is 0.404. The van der Waals surface area contributed by atoms with Gasteiger partial charge < -0.3 is 10.5 Å². The molecule has 0 aliphatic heterocycles. The average molecular weight is 280 g/mol. The van der Waals surface area contributed by atoms with Crippen LogP contribution >= 0.6 is 11.6 Å². The van der Waals surface area contributed by atoms with Gasteiger partial charge in [-0.3, -0.25) is 0 Å². The fourth-order valence-corrected chi connectivity index (χ4v) is 2.02. The summed E-state index contributed by atoms with van der Waals surface area (Å²) in [6.45, 7) is 2.36. The Hall–Kier alpha value is -1.58. The first-order valence-electron chi connectivity index (χ1n) is 6.02. The molecule has 0 spiro atoms. The molecular formula is C15H15ClFNO. The third-order valence-corrected chi connectivity index (χ3v) is 3.02. The first-order valence-corrected chi connectivity index (χ1v) is 6.40. The summed E-state index contributed by atoms with van der Waals surface area (Å²) in [5, 5.41) is 0.628. The van der Waals surface area contributed by atoms with Gasteiger partial charge in [-0.15, -0.1) is 0 Å². The van der Waals surface area contributed by atoms with E-state index in [-0.39, 0.29) is 11.6 Å². The van der Waals surface area contributed by atoms with Crippen molar-refractivity contribution in [3.05, 3.63) is 58.4 Å². The first kappa shape index (κ1) is 13.8. The number of hydrogen-bond acceptors (Lipinski definition) is 2. The van der Waals surface area contributed by atoms with E-state index in [0.717, 1.165) is 11.1 Å². The van der Waals surface area contributed by atoms with Crippen LogP contribution in [0.4, 0.5) is 4.39 Å². The lowest BCUT2D eigenvalue weighted by molar-refractivity contribution is 0.439. The highest BCUT2D eigenvalue weighted by atomic mass is 35.5. The van der Waals surface area contributed by atoms with E-state index in [4.69, 9.17) is 22.1 Å². The van der Waals surface area contributed by atoms with Crippen molar-refractivity contribution in [2.24, 2.45) is 5.73 Å². The van der Waals surface area contributed by atoms with Crippen LogP contribution in [-0.4, -0.2) is 6.54 Å². The maximum absolute atomic E-state index is 13.9. The van der Waals surface area contributed by atoms with Crippen LogP contribution in [0.1, 0.15) is 11.1 Å². The lowest BCUT2D eigenvalue weighted by Gasteiger charge is -2.10. The molecule has 2 N–H and O–H groups in total. The van der Waals surface area contributed by atoms with E-state index < -0.39 is 0 Å². The zero-order valence-corrected chi connectivity index (χ0v) is 11.4. The van der Waals surface area contributed by atoms with Gasteiger partial charge in [-0.05, 0) is 61.3 Å². The van der Waals surface area contributed by atoms with Gasteiger partial charge in [0.25, 0.3) is 0 Å². The van der Waals surface area contributed by atoms with Crippen LogP contribution < -0.4 is 10.5 Å². The topological polar surface area (TPSA) is 35.2 Å². The highest BCUT2D eigenvalue weighted by Gasteiger charge is 2.08. The van der Waals surface area contributed by atoms with Gasteiger partial charge in [-0.1, -0.05) is 17.7 Å². The predicted octanol–water partition coefficient (Wildman–Crippen LogP) is 4.08. The summed E-state index contributed by atoms with van der Waals surface area (Å²) in [7, 11) is 0. The van der Waals surface area contributed by atoms with Crippen molar-refractivity contribution in [2.75, 3.05) is 6.54 Å². The van der Waals surface area contributed by atoms with Crippen molar-refractivity contribution in [1.82, 2.24) is 0 Å². The fraction of sp³-hybridized carbons (Fsp3) is 0.200. The van der Waals surface area contributed by atoms with Crippen LogP contribution in [0.5, 0.6) is 11.5 Å². The Morgan fingerprint density at radius 3 is 2.53 bits per heavy atom. The molecule has 0 bridgehead atoms. The lowest BCUT2D eigenvalue weighted by atomic mass is 10.1. The molecule has 0 saturated heterocycles. The van der Waals surface area contributed by atoms with Crippen LogP contribution in [0, 0.1) is 12.7 Å². The van der Waals surface area contributed by atoms with Gasteiger partial charge in [-0.25, -0.2) is 4.39 Å². The molecule has 0 radical (unpaired) electrons. The molecule has 0 amide bonds. The van der Waals surface area contributed by atoms with Gasteiger partial charge in [0, 0.05) is 5.02 Å². The molecule has 0 fully saturated rings. The second kappa shape index (κ2) is 6.04. The van der Waals surface area contributed by atoms with E-state index in [2.05, 4.69) is 0 Å². The third-order valence-electron chi connectivity index (χ3n) is 2.79. The molecule has 0 aliphatic carbocycles. The highest BCUT2D eigenvalue weighted by molar-refractivity contribution is 6.30. The molecule has 0 atom stereocenters. The third kappa shape index (κ3) is 3.46. The largest absolute Gasteiger partial charge is 0.454 e. The zero-order chi connectivity index (χ0) is 13.8. The number of ether oxygens (including phenoxy) is 1. The SMILES string of the molecule is Cc1cc(Cl)ccc1Oc1ccc(CCN)cc1F. The molecule has 0 saturated carbocycles. The number of aryl methyl sites for hydroxylation is 1. The number of benzene rings is 2. The van der Waals surface area contributed by atoms with Crippen molar-refractivity contribution < 1.29 is 9.13 Å². The Bertz CT molecular complexity index is 586. The second-order valence-corrected chi connectivity index (χ2v) is 4.75. The van der Waals surface area contributed by atoms with Crippen molar-refractivity contribution in [2.45, 2.75) is 13.3 Å². The Morgan fingerprint density at radius 2 is 1.89 bits per heavy atom. The molecule has 4 heteroatoms. The van der Waals surface area contributed by atoms with E-state index in [1.807, 2.05) is 13.0 Å². The van der Waals surface area contributed by atoms with Gasteiger partial charge in [-0.2, -0.15) is 0 Å². The molecular weight excluding hydrogens is 265 g/mol. The Kier molecular flexibility index (Phi) is 4.40.